The Balaban J connectivity index is 2.10. The van der Waals surface area contributed by atoms with Crippen LogP contribution in [0, 0.1) is 0 Å². The summed E-state index contributed by atoms with van der Waals surface area (Å²) in [5.74, 6) is -0.432. The van der Waals surface area contributed by atoms with E-state index < -0.39 is 5.97 Å². The highest BCUT2D eigenvalue weighted by molar-refractivity contribution is 5.87. The number of carboxylic acids is 1. The molecule has 1 aliphatic rings. The molecule has 0 aromatic carbocycles. The van der Waals surface area contributed by atoms with Gasteiger partial charge in [0.1, 0.15) is 0 Å². The number of aromatic carboxylic acids is 1. The number of piperazine rings is 1. The van der Waals surface area contributed by atoms with E-state index in [4.69, 9.17) is 10.8 Å². The van der Waals surface area contributed by atoms with E-state index in [1.54, 1.807) is 6.07 Å². The van der Waals surface area contributed by atoms with E-state index in [1.165, 1.54) is 6.07 Å². The van der Waals surface area contributed by atoms with Crippen LogP contribution in [-0.4, -0.2) is 53.2 Å². The molecule has 6 nitrogen and oxygen atoms in total. The predicted octanol–water partition coefficient (Wildman–Crippen LogP) is 1.28. The maximum Gasteiger partial charge on any atom is 0.354 e. The average molecular weight is 278 g/mol. The monoisotopic (exact) mass is 278 g/mol. The minimum Gasteiger partial charge on any atom is -0.477 e. The normalized spacial score (nSPS) is 18.0. The third kappa shape index (κ3) is 3.01. The average Bonchev–Trinajstić information content (AvgIpc) is 2.47. The highest BCUT2D eigenvalue weighted by atomic mass is 16.4. The van der Waals surface area contributed by atoms with E-state index in [0.29, 0.717) is 17.5 Å². The summed E-state index contributed by atoms with van der Waals surface area (Å²) >= 11 is 0. The van der Waals surface area contributed by atoms with Gasteiger partial charge in [0, 0.05) is 32.2 Å². The third-order valence-corrected chi connectivity index (χ3v) is 3.95. The lowest BCUT2D eigenvalue weighted by Gasteiger charge is -2.38. The Morgan fingerprint density at radius 2 is 2.05 bits per heavy atom. The summed E-state index contributed by atoms with van der Waals surface area (Å²) in [7, 11) is 0. The zero-order chi connectivity index (χ0) is 14.7. The maximum absolute atomic E-state index is 11.0. The third-order valence-electron chi connectivity index (χ3n) is 3.95. The molecule has 0 bridgehead atoms. The highest BCUT2D eigenvalue weighted by Gasteiger charge is 2.22. The van der Waals surface area contributed by atoms with Crippen LogP contribution in [0.3, 0.4) is 0 Å². The number of nitrogen functional groups attached to an aromatic ring is 1. The smallest absolute Gasteiger partial charge is 0.354 e. The number of nitrogens with zero attached hydrogens (tertiary/aromatic N) is 3. The maximum atomic E-state index is 11.0. The Labute approximate surface area is 119 Å². The van der Waals surface area contributed by atoms with E-state index in [1.807, 2.05) is 0 Å². The number of hydrogen-bond donors (Lipinski definition) is 2. The minimum atomic E-state index is -1.02. The molecule has 1 atom stereocenters. The Morgan fingerprint density at radius 3 is 2.60 bits per heavy atom. The molecule has 0 radical (unpaired) electrons. The largest absolute Gasteiger partial charge is 0.477 e. The standard InChI is InChI=1S/C14H22N4O2/c1-3-10(2)17-6-8-18(9-7-17)13-11(15)4-5-12(16-13)14(19)20/h4-5,10H,3,6-9,15H2,1-2H3,(H,19,20). The van der Waals surface area contributed by atoms with Crippen molar-refractivity contribution in [2.75, 3.05) is 36.8 Å². The van der Waals surface area contributed by atoms with Crippen molar-refractivity contribution < 1.29 is 9.90 Å². The number of aromatic nitrogens is 1. The van der Waals surface area contributed by atoms with Crippen molar-refractivity contribution in [2.24, 2.45) is 0 Å². The van der Waals surface area contributed by atoms with Crippen molar-refractivity contribution in [1.82, 2.24) is 9.88 Å². The molecule has 2 heterocycles. The topological polar surface area (TPSA) is 82.7 Å². The predicted molar refractivity (Wildman–Crippen MR) is 79.1 cm³/mol. The van der Waals surface area contributed by atoms with Crippen molar-refractivity contribution in [3.63, 3.8) is 0 Å². The van der Waals surface area contributed by atoms with Crippen molar-refractivity contribution in [3.05, 3.63) is 17.8 Å². The van der Waals surface area contributed by atoms with Crippen LogP contribution in [-0.2, 0) is 0 Å². The van der Waals surface area contributed by atoms with Crippen LogP contribution >= 0.6 is 0 Å². The fourth-order valence-electron chi connectivity index (χ4n) is 2.46. The molecule has 1 unspecified atom stereocenters. The van der Waals surface area contributed by atoms with Crippen molar-refractivity contribution >= 4 is 17.5 Å². The number of carbonyl (C=O) groups is 1. The number of rotatable bonds is 4. The van der Waals surface area contributed by atoms with Gasteiger partial charge in [0.2, 0.25) is 0 Å². The summed E-state index contributed by atoms with van der Waals surface area (Å²) in [5, 5.41) is 9.02. The fourth-order valence-corrected chi connectivity index (χ4v) is 2.46. The second-order valence-electron chi connectivity index (χ2n) is 5.19. The molecule has 1 fully saturated rings. The van der Waals surface area contributed by atoms with Gasteiger partial charge in [0.25, 0.3) is 0 Å². The molecule has 0 amide bonds. The SMILES string of the molecule is CCC(C)N1CCN(c2nc(C(=O)O)ccc2N)CC1. The molecule has 0 saturated carbocycles. The first-order valence-corrected chi connectivity index (χ1v) is 7.01. The molecular weight excluding hydrogens is 256 g/mol. The molecule has 1 aliphatic heterocycles. The molecule has 110 valence electrons. The van der Waals surface area contributed by atoms with Crippen LogP contribution in [0.4, 0.5) is 11.5 Å². The molecule has 1 aromatic heterocycles. The van der Waals surface area contributed by atoms with Gasteiger partial charge in [0.05, 0.1) is 5.69 Å². The first-order valence-electron chi connectivity index (χ1n) is 7.01. The quantitative estimate of drug-likeness (QED) is 0.863. The van der Waals surface area contributed by atoms with E-state index in [-0.39, 0.29) is 5.69 Å². The van der Waals surface area contributed by atoms with E-state index in [2.05, 4.69) is 28.6 Å². The van der Waals surface area contributed by atoms with Gasteiger partial charge in [-0.3, -0.25) is 4.90 Å². The summed E-state index contributed by atoms with van der Waals surface area (Å²) in [6.45, 7) is 7.97. The first-order chi connectivity index (χ1) is 9.52. The van der Waals surface area contributed by atoms with Gasteiger partial charge in [-0.1, -0.05) is 6.92 Å². The number of nitrogens with two attached hydrogens (primary N) is 1. The van der Waals surface area contributed by atoms with Crippen LogP contribution in [0.5, 0.6) is 0 Å². The van der Waals surface area contributed by atoms with Crippen LogP contribution in [0.2, 0.25) is 0 Å². The number of anilines is 2. The van der Waals surface area contributed by atoms with E-state index >= 15 is 0 Å². The van der Waals surface area contributed by atoms with Gasteiger partial charge in [-0.25, -0.2) is 9.78 Å². The molecule has 20 heavy (non-hydrogen) atoms. The zero-order valence-electron chi connectivity index (χ0n) is 12.0. The molecule has 3 N–H and O–H groups in total. The highest BCUT2D eigenvalue weighted by Crippen LogP contribution is 2.23. The van der Waals surface area contributed by atoms with Gasteiger partial charge in [0.15, 0.2) is 11.5 Å². The number of carboxylic acid groups (broad SMARTS) is 1. The molecule has 2 rings (SSSR count). The van der Waals surface area contributed by atoms with Crippen LogP contribution in [0.1, 0.15) is 30.8 Å². The van der Waals surface area contributed by atoms with Gasteiger partial charge >= 0.3 is 5.97 Å². The van der Waals surface area contributed by atoms with Crippen LogP contribution in [0.15, 0.2) is 12.1 Å². The molecule has 0 aliphatic carbocycles. The van der Waals surface area contributed by atoms with E-state index in [0.717, 1.165) is 32.6 Å². The van der Waals surface area contributed by atoms with Gasteiger partial charge in [-0.05, 0) is 25.5 Å². The fraction of sp³-hybridized carbons (Fsp3) is 0.571. The summed E-state index contributed by atoms with van der Waals surface area (Å²) < 4.78 is 0. The van der Waals surface area contributed by atoms with Gasteiger partial charge < -0.3 is 15.7 Å². The lowest BCUT2D eigenvalue weighted by atomic mass is 10.2. The lowest BCUT2D eigenvalue weighted by molar-refractivity contribution is 0.0690. The summed E-state index contributed by atoms with van der Waals surface area (Å²) in [5.41, 5.74) is 6.50. The Bertz CT molecular complexity index is 484. The number of hydrogen-bond acceptors (Lipinski definition) is 5. The minimum absolute atomic E-state index is 0.0403. The summed E-state index contributed by atoms with van der Waals surface area (Å²) in [6, 6.07) is 3.64. The Hall–Kier alpha value is -1.82. The van der Waals surface area contributed by atoms with Gasteiger partial charge in [-0.15, -0.1) is 0 Å². The van der Waals surface area contributed by atoms with Crippen LogP contribution < -0.4 is 10.6 Å². The van der Waals surface area contributed by atoms with Crippen molar-refractivity contribution in [3.8, 4) is 0 Å². The number of pyridine rings is 1. The zero-order valence-corrected chi connectivity index (χ0v) is 12.0. The van der Waals surface area contributed by atoms with Crippen molar-refractivity contribution in [2.45, 2.75) is 26.3 Å². The molecule has 1 aromatic rings. The lowest BCUT2D eigenvalue weighted by Crippen LogP contribution is -2.49. The van der Waals surface area contributed by atoms with Crippen molar-refractivity contribution in [1.29, 1.82) is 0 Å². The molecule has 0 spiro atoms. The second kappa shape index (κ2) is 6.09. The second-order valence-corrected chi connectivity index (χ2v) is 5.19. The van der Waals surface area contributed by atoms with Crippen LogP contribution in [0.25, 0.3) is 0 Å². The van der Waals surface area contributed by atoms with Gasteiger partial charge in [-0.2, -0.15) is 0 Å². The molecule has 1 saturated heterocycles. The summed E-state index contributed by atoms with van der Waals surface area (Å²) in [4.78, 5) is 19.7. The Kier molecular flexibility index (Phi) is 4.44. The summed E-state index contributed by atoms with van der Waals surface area (Å²) in [6.07, 6.45) is 1.13. The Morgan fingerprint density at radius 1 is 1.40 bits per heavy atom. The molecular formula is C14H22N4O2. The molecule has 6 heteroatoms. The first kappa shape index (κ1) is 14.6. The van der Waals surface area contributed by atoms with E-state index in [9.17, 15) is 4.79 Å².